The van der Waals surface area contributed by atoms with Gasteiger partial charge in [0.05, 0.1) is 35.2 Å². The van der Waals surface area contributed by atoms with E-state index in [-0.39, 0.29) is 0 Å². The summed E-state index contributed by atoms with van der Waals surface area (Å²) in [5.41, 5.74) is 11.3. The van der Waals surface area contributed by atoms with Crippen LogP contribution in [0.3, 0.4) is 0 Å². The van der Waals surface area contributed by atoms with E-state index < -0.39 is 0 Å². The summed E-state index contributed by atoms with van der Waals surface area (Å²) < 4.78 is 16.5. The van der Waals surface area contributed by atoms with Gasteiger partial charge in [0.1, 0.15) is 23.1 Å². The van der Waals surface area contributed by atoms with Crippen LogP contribution in [0.1, 0.15) is 41.9 Å². The fourth-order valence-electron chi connectivity index (χ4n) is 6.84. The SMILES string of the molecule is COc1cc(C)c(-c2c(C)nn(-c3cccc(Oc4ccc5c6ccccc6n(-c6cc(C)ccn6)c5c4)c3)c2CC(C)C)c(C)c1. The van der Waals surface area contributed by atoms with Gasteiger partial charge in [0.15, 0.2) is 0 Å². The van der Waals surface area contributed by atoms with E-state index in [1.807, 2.05) is 30.5 Å². The zero-order valence-electron chi connectivity index (χ0n) is 28.1. The first kappa shape index (κ1) is 30.3. The number of aryl methyl sites for hydroxylation is 4. The zero-order valence-corrected chi connectivity index (χ0v) is 28.1. The smallest absolute Gasteiger partial charge is 0.137 e. The Morgan fingerprint density at radius 2 is 1.45 bits per heavy atom. The molecule has 0 radical (unpaired) electrons. The highest BCUT2D eigenvalue weighted by Gasteiger charge is 2.23. The number of rotatable bonds is 8. The maximum Gasteiger partial charge on any atom is 0.137 e. The van der Waals surface area contributed by atoms with Crippen LogP contribution in [-0.2, 0) is 6.42 Å². The molecule has 0 N–H and O–H groups in total. The van der Waals surface area contributed by atoms with Gasteiger partial charge in [0.25, 0.3) is 0 Å². The van der Waals surface area contributed by atoms with Crippen LogP contribution in [-0.4, -0.2) is 26.4 Å². The first-order chi connectivity index (χ1) is 22.7. The summed E-state index contributed by atoms with van der Waals surface area (Å²) >= 11 is 0. The number of hydrogen-bond donors (Lipinski definition) is 0. The molecule has 0 unspecified atom stereocenters. The minimum absolute atomic E-state index is 0.447. The molecule has 0 bridgehead atoms. The summed E-state index contributed by atoms with van der Waals surface area (Å²) in [5, 5.41) is 7.46. The highest BCUT2D eigenvalue weighted by molar-refractivity contribution is 6.09. The van der Waals surface area contributed by atoms with Crippen molar-refractivity contribution in [1.29, 1.82) is 0 Å². The quantitative estimate of drug-likeness (QED) is 0.170. The predicted molar refractivity (Wildman–Crippen MR) is 192 cm³/mol. The monoisotopic (exact) mass is 620 g/mol. The van der Waals surface area contributed by atoms with Crippen molar-refractivity contribution in [3.63, 3.8) is 0 Å². The summed E-state index contributed by atoms with van der Waals surface area (Å²) in [6, 6.07) is 31.4. The van der Waals surface area contributed by atoms with Crippen LogP contribution in [0.15, 0.2) is 97.2 Å². The molecule has 3 heterocycles. The average molecular weight is 621 g/mol. The second-order valence-corrected chi connectivity index (χ2v) is 12.9. The second-order valence-electron chi connectivity index (χ2n) is 12.9. The van der Waals surface area contributed by atoms with Crippen LogP contribution >= 0.6 is 0 Å². The van der Waals surface area contributed by atoms with Crippen LogP contribution in [0.5, 0.6) is 17.2 Å². The molecule has 7 aromatic rings. The van der Waals surface area contributed by atoms with Gasteiger partial charge in [-0.1, -0.05) is 38.1 Å². The number of nitrogens with zero attached hydrogens (tertiary/aromatic N) is 4. The van der Waals surface area contributed by atoms with E-state index in [1.54, 1.807) is 7.11 Å². The first-order valence-corrected chi connectivity index (χ1v) is 16.2. The summed E-state index contributed by atoms with van der Waals surface area (Å²) in [5.74, 6) is 3.72. The van der Waals surface area contributed by atoms with E-state index >= 15 is 0 Å². The van der Waals surface area contributed by atoms with E-state index in [4.69, 9.17) is 19.6 Å². The highest BCUT2D eigenvalue weighted by atomic mass is 16.5. The summed E-state index contributed by atoms with van der Waals surface area (Å²) in [7, 11) is 1.72. The third-order valence-electron chi connectivity index (χ3n) is 8.82. The lowest BCUT2D eigenvalue weighted by atomic mass is 9.91. The van der Waals surface area contributed by atoms with Crippen LogP contribution < -0.4 is 9.47 Å². The van der Waals surface area contributed by atoms with Crippen LogP contribution in [0, 0.1) is 33.6 Å². The molecule has 0 aliphatic heterocycles. The van der Waals surface area contributed by atoms with Crippen molar-refractivity contribution in [2.75, 3.05) is 7.11 Å². The van der Waals surface area contributed by atoms with Crippen LogP contribution in [0.2, 0.25) is 0 Å². The number of benzene rings is 4. The second kappa shape index (κ2) is 12.1. The van der Waals surface area contributed by atoms with Gasteiger partial charge in [0, 0.05) is 34.7 Å². The summed E-state index contributed by atoms with van der Waals surface area (Å²) in [6.07, 6.45) is 2.75. The zero-order chi connectivity index (χ0) is 32.8. The first-order valence-electron chi connectivity index (χ1n) is 16.2. The van der Waals surface area contributed by atoms with E-state index in [2.05, 4.69) is 118 Å². The Morgan fingerprint density at radius 3 is 2.19 bits per heavy atom. The normalized spacial score (nSPS) is 11.6. The molecule has 236 valence electrons. The van der Waals surface area contributed by atoms with E-state index in [0.29, 0.717) is 5.92 Å². The average Bonchev–Trinajstić information content (AvgIpc) is 3.54. The van der Waals surface area contributed by atoms with Crippen molar-refractivity contribution < 1.29 is 9.47 Å². The number of para-hydroxylation sites is 1. The highest BCUT2D eigenvalue weighted by Crippen LogP contribution is 2.39. The maximum atomic E-state index is 6.58. The molecular weight excluding hydrogens is 580 g/mol. The molecule has 0 aliphatic rings. The topological polar surface area (TPSA) is 54.1 Å². The minimum atomic E-state index is 0.447. The molecule has 47 heavy (non-hydrogen) atoms. The minimum Gasteiger partial charge on any atom is -0.497 e. The van der Waals surface area contributed by atoms with Gasteiger partial charge in [-0.25, -0.2) is 9.67 Å². The molecule has 0 fully saturated rings. The molecule has 3 aromatic heterocycles. The largest absolute Gasteiger partial charge is 0.497 e. The van der Waals surface area contributed by atoms with Crippen LogP contribution in [0.25, 0.3) is 44.4 Å². The van der Waals surface area contributed by atoms with Crippen molar-refractivity contribution in [3.05, 3.63) is 125 Å². The Hall–Kier alpha value is -5.36. The standard InChI is InChI=1S/C41H40N4O2/c1-25(2)19-38-41(40-27(4)21-33(46-7)22-28(40)5)29(6)43-45(38)30-11-10-12-31(23-30)47-32-15-16-35-34-13-8-9-14-36(34)44(37(35)24-32)39-20-26(3)17-18-42-39/h8-18,20-25H,19H2,1-7H3. The number of aromatic nitrogens is 4. The predicted octanol–water partition coefficient (Wildman–Crippen LogP) is 10.3. The van der Waals surface area contributed by atoms with E-state index in [0.717, 1.165) is 62.9 Å². The van der Waals surface area contributed by atoms with Crippen LogP contribution in [0.4, 0.5) is 0 Å². The lowest BCUT2D eigenvalue weighted by molar-refractivity contribution is 0.414. The number of fused-ring (bicyclic) bond motifs is 3. The van der Waals surface area contributed by atoms with Gasteiger partial charge in [-0.15, -0.1) is 0 Å². The molecule has 4 aromatic carbocycles. The molecule has 6 heteroatoms. The third-order valence-corrected chi connectivity index (χ3v) is 8.82. The third kappa shape index (κ3) is 5.54. The molecule has 0 atom stereocenters. The Bertz CT molecular complexity index is 2250. The molecule has 0 aliphatic carbocycles. The fraction of sp³-hybridized carbons (Fsp3) is 0.220. The Morgan fingerprint density at radius 1 is 0.702 bits per heavy atom. The molecule has 0 saturated heterocycles. The van der Waals surface area contributed by atoms with Gasteiger partial charge >= 0.3 is 0 Å². The lowest BCUT2D eigenvalue weighted by Crippen LogP contribution is -2.07. The molecular formula is C41H40N4O2. The van der Waals surface area contributed by atoms with Gasteiger partial charge < -0.3 is 9.47 Å². The summed E-state index contributed by atoms with van der Waals surface area (Å²) in [6.45, 7) is 13.0. The van der Waals surface area contributed by atoms with Crippen molar-refractivity contribution in [2.24, 2.45) is 5.92 Å². The maximum absolute atomic E-state index is 6.58. The van der Waals surface area contributed by atoms with Crippen molar-refractivity contribution >= 4 is 21.8 Å². The van der Waals surface area contributed by atoms with E-state index in [9.17, 15) is 0 Å². The molecule has 0 spiro atoms. The van der Waals surface area contributed by atoms with E-state index in [1.165, 1.54) is 33.3 Å². The van der Waals surface area contributed by atoms with Gasteiger partial charge in [-0.05, 0) is 117 Å². The molecule has 6 nitrogen and oxygen atoms in total. The lowest BCUT2D eigenvalue weighted by Gasteiger charge is -2.16. The van der Waals surface area contributed by atoms with Crippen molar-refractivity contribution in [2.45, 2.75) is 48.0 Å². The number of methoxy groups -OCH3 is 1. The Labute approximate surface area is 276 Å². The van der Waals surface area contributed by atoms with Gasteiger partial charge in [-0.3, -0.25) is 4.57 Å². The number of ether oxygens (including phenoxy) is 2. The van der Waals surface area contributed by atoms with Crippen molar-refractivity contribution in [1.82, 2.24) is 19.3 Å². The Balaban J connectivity index is 1.31. The van der Waals surface area contributed by atoms with Gasteiger partial charge in [0.2, 0.25) is 0 Å². The molecule has 0 amide bonds. The summed E-state index contributed by atoms with van der Waals surface area (Å²) in [4.78, 5) is 4.73. The number of hydrogen-bond acceptors (Lipinski definition) is 4. The fourth-order valence-corrected chi connectivity index (χ4v) is 6.84. The van der Waals surface area contributed by atoms with Crippen molar-refractivity contribution in [3.8, 4) is 39.9 Å². The number of pyridine rings is 1. The van der Waals surface area contributed by atoms with Gasteiger partial charge in [-0.2, -0.15) is 5.10 Å². The Kier molecular flexibility index (Phi) is 7.80. The molecule has 0 saturated carbocycles. The molecule has 7 rings (SSSR count).